The Kier molecular flexibility index (Phi) is 4.73. The van der Waals surface area contributed by atoms with Gasteiger partial charge in [0.15, 0.2) is 11.6 Å². The van der Waals surface area contributed by atoms with E-state index in [1.54, 1.807) is 12.4 Å². The maximum atomic E-state index is 13.3. The van der Waals surface area contributed by atoms with Gasteiger partial charge in [-0.2, -0.15) is 13.2 Å². The molecule has 0 saturated carbocycles. The van der Waals surface area contributed by atoms with Gasteiger partial charge < -0.3 is 19.4 Å². The van der Waals surface area contributed by atoms with Gasteiger partial charge in [0.2, 0.25) is 0 Å². The molecule has 1 aliphatic heterocycles. The minimum atomic E-state index is -4.62. The first-order chi connectivity index (χ1) is 16.9. The normalized spacial score (nSPS) is 13.9. The van der Waals surface area contributed by atoms with Crippen LogP contribution in [0.4, 0.5) is 19.0 Å². The first-order valence-electron chi connectivity index (χ1n) is 10.9. The largest absolute Gasteiger partial charge is 0.417 e. The molecular formula is C24H18F3N7O. The van der Waals surface area contributed by atoms with E-state index >= 15 is 0 Å². The smallest absolute Gasteiger partial charge is 0.358 e. The second-order valence-electron chi connectivity index (χ2n) is 8.28. The summed E-state index contributed by atoms with van der Waals surface area (Å²) in [6.07, 6.45) is 2.18. The quantitative estimate of drug-likeness (QED) is 0.374. The number of fused-ring (bicyclic) bond motifs is 2. The zero-order chi connectivity index (χ0) is 24.2. The summed E-state index contributed by atoms with van der Waals surface area (Å²) in [5.41, 5.74) is 0.618. The number of benzene rings is 1. The molecular weight excluding hydrogens is 459 g/mol. The predicted molar refractivity (Wildman–Crippen MR) is 122 cm³/mol. The van der Waals surface area contributed by atoms with Crippen molar-refractivity contribution in [3.63, 3.8) is 0 Å². The van der Waals surface area contributed by atoms with E-state index in [1.165, 1.54) is 30.5 Å². The third-order valence-electron chi connectivity index (χ3n) is 6.10. The zero-order valence-corrected chi connectivity index (χ0v) is 18.2. The number of carbonyl (C=O) groups excluding carboxylic acids is 1. The third-order valence-corrected chi connectivity index (χ3v) is 6.10. The summed E-state index contributed by atoms with van der Waals surface area (Å²) in [4.78, 5) is 34.6. The number of aromatic nitrogens is 6. The van der Waals surface area contributed by atoms with E-state index in [1.807, 2.05) is 12.3 Å². The van der Waals surface area contributed by atoms with Crippen LogP contribution in [-0.4, -0.2) is 41.8 Å². The zero-order valence-electron chi connectivity index (χ0n) is 18.2. The highest BCUT2D eigenvalue weighted by Crippen LogP contribution is 2.33. The van der Waals surface area contributed by atoms with E-state index in [0.717, 1.165) is 36.3 Å². The number of aromatic amines is 2. The van der Waals surface area contributed by atoms with Crippen LogP contribution in [0, 0.1) is 0 Å². The Hall–Kier alpha value is -4.41. The van der Waals surface area contributed by atoms with E-state index in [4.69, 9.17) is 0 Å². The molecule has 0 bridgehead atoms. The van der Waals surface area contributed by atoms with Crippen molar-refractivity contribution < 1.29 is 18.0 Å². The monoisotopic (exact) mass is 477 g/mol. The van der Waals surface area contributed by atoms with E-state index in [2.05, 4.69) is 34.4 Å². The standard InChI is InChI=1S/C24H18F3N7O/c25-24(26,27)16-4-2-1-3-15(16)22(35)14-9-18(29-11-14)23-31-17-10-20(30-12-19(17)32-23)34-8-7-33-6-5-28-21(33)13-34/h1-6,9-12,29H,7-8,13H2,(H,31,32). The molecule has 8 nitrogen and oxygen atoms in total. The predicted octanol–water partition coefficient (Wildman–Crippen LogP) is 4.42. The van der Waals surface area contributed by atoms with Crippen LogP contribution in [0.2, 0.25) is 0 Å². The molecule has 0 saturated heterocycles. The van der Waals surface area contributed by atoms with Gasteiger partial charge >= 0.3 is 6.18 Å². The molecule has 0 spiro atoms. The topological polar surface area (TPSA) is 95.5 Å². The van der Waals surface area contributed by atoms with Crippen molar-refractivity contribution in [1.82, 2.24) is 29.5 Å². The molecule has 4 aromatic heterocycles. The molecule has 6 rings (SSSR count). The molecule has 176 valence electrons. The van der Waals surface area contributed by atoms with Gasteiger partial charge in [-0.15, -0.1) is 0 Å². The van der Waals surface area contributed by atoms with Crippen molar-refractivity contribution in [3.8, 4) is 11.5 Å². The van der Waals surface area contributed by atoms with Gasteiger partial charge in [0.05, 0.1) is 29.5 Å². The number of nitrogens with zero attached hydrogens (tertiary/aromatic N) is 5. The lowest BCUT2D eigenvalue weighted by Gasteiger charge is -2.28. The Labute approximate surface area is 196 Å². The Balaban J connectivity index is 1.28. The van der Waals surface area contributed by atoms with Crippen molar-refractivity contribution in [2.24, 2.45) is 0 Å². The van der Waals surface area contributed by atoms with E-state index in [-0.39, 0.29) is 5.56 Å². The molecule has 2 N–H and O–H groups in total. The van der Waals surface area contributed by atoms with Crippen molar-refractivity contribution in [1.29, 1.82) is 0 Å². The highest BCUT2D eigenvalue weighted by Gasteiger charge is 2.35. The molecule has 0 aliphatic carbocycles. The van der Waals surface area contributed by atoms with Gasteiger partial charge in [-0.3, -0.25) is 4.79 Å². The second kappa shape index (κ2) is 7.83. The fraction of sp³-hybridized carbons (Fsp3) is 0.167. The second-order valence-corrected chi connectivity index (χ2v) is 8.28. The number of imidazole rings is 2. The molecule has 0 unspecified atom stereocenters. The molecule has 11 heteroatoms. The summed E-state index contributed by atoms with van der Waals surface area (Å²) in [7, 11) is 0. The van der Waals surface area contributed by atoms with Gasteiger partial charge in [0, 0.05) is 48.9 Å². The van der Waals surface area contributed by atoms with Gasteiger partial charge in [-0.05, 0) is 12.1 Å². The Morgan fingerprint density at radius 2 is 1.94 bits per heavy atom. The maximum absolute atomic E-state index is 13.3. The van der Waals surface area contributed by atoms with Crippen LogP contribution >= 0.6 is 0 Å². The fourth-order valence-electron chi connectivity index (χ4n) is 4.32. The van der Waals surface area contributed by atoms with Gasteiger partial charge in [-0.1, -0.05) is 18.2 Å². The number of anilines is 1. The summed E-state index contributed by atoms with van der Waals surface area (Å²) < 4.78 is 42.2. The average molecular weight is 477 g/mol. The number of halogens is 3. The van der Waals surface area contributed by atoms with Crippen LogP contribution in [-0.2, 0) is 19.3 Å². The number of ketones is 1. The molecule has 1 aromatic carbocycles. The summed E-state index contributed by atoms with van der Waals surface area (Å²) in [5.74, 6) is 1.49. The number of alkyl halides is 3. The maximum Gasteiger partial charge on any atom is 0.417 e. The highest BCUT2D eigenvalue weighted by molar-refractivity contribution is 6.10. The van der Waals surface area contributed by atoms with Gasteiger partial charge in [0.1, 0.15) is 17.2 Å². The number of carbonyl (C=O) groups is 1. The number of rotatable bonds is 4. The SMILES string of the molecule is O=C(c1c[nH]c(-c2nc3cnc(N4CCn5ccnc5C4)cc3[nH]2)c1)c1ccccc1C(F)(F)F. The third kappa shape index (κ3) is 3.74. The molecule has 0 atom stereocenters. The van der Waals surface area contributed by atoms with Crippen molar-refractivity contribution >= 4 is 22.6 Å². The number of nitrogens with one attached hydrogen (secondary N) is 2. The minimum Gasteiger partial charge on any atom is -0.358 e. The summed E-state index contributed by atoms with van der Waals surface area (Å²) >= 11 is 0. The molecule has 35 heavy (non-hydrogen) atoms. The van der Waals surface area contributed by atoms with Crippen LogP contribution < -0.4 is 4.90 Å². The van der Waals surface area contributed by atoms with Gasteiger partial charge in [0.25, 0.3) is 0 Å². The lowest BCUT2D eigenvalue weighted by atomic mass is 9.99. The molecule has 0 radical (unpaired) electrons. The van der Waals surface area contributed by atoms with E-state index < -0.39 is 23.1 Å². The van der Waals surface area contributed by atoms with Crippen LogP contribution in [0.3, 0.4) is 0 Å². The number of hydrogen-bond donors (Lipinski definition) is 2. The Morgan fingerprint density at radius 1 is 1.09 bits per heavy atom. The highest BCUT2D eigenvalue weighted by atomic mass is 19.4. The van der Waals surface area contributed by atoms with Crippen molar-refractivity contribution in [3.05, 3.63) is 83.7 Å². The average Bonchev–Trinajstić information content (AvgIpc) is 3.61. The minimum absolute atomic E-state index is 0.111. The van der Waals surface area contributed by atoms with Crippen LogP contribution in [0.25, 0.3) is 22.6 Å². The van der Waals surface area contributed by atoms with Gasteiger partial charge in [-0.25, -0.2) is 15.0 Å². The van der Waals surface area contributed by atoms with Crippen LogP contribution in [0.5, 0.6) is 0 Å². The lowest BCUT2D eigenvalue weighted by molar-refractivity contribution is -0.137. The summed E-state index contributed by atoms with van der Waals surface area (Å²) in [5, 5.41) is 0. The molecule has 1 aliphatic rings. The Morgan fingerprint density at radius 3 is 2.80 bits per heavy atom. The fourth-order valence-corrected chi connectivity index (χ4v) is 4.32. The molecule has 5 heterocycles. The van der Waals surface area contributed by atoms with E-state index in [0.29, 0.717) is 23.6 Å². The first kappa shape index (κ1) is 21.1. The summed E-state index contributed by atoms with van der Waals surface area (Å²) in [6, 6.07) is 8.15. The summed E-state index contributed by atoms with van der Waals surface area (Å²) in [6.45, 7) is 2.26. The molecule has 5 aromatic rings. The van der Waals surface area contributed by atoms with Crippen molar-refractivity contribution in [2.45, 2.75) is 19.3 Å². The number of pyridine rings is 1. The lowest BCUT2D eigenvalue weighted by Crippen LogP contribution is -2.34. The number of hydrogen-bond acceptors (Lipinski definition) is 5. The van der Waals surface area contributed by atoms with E-state index in [9.17, 15) is 18.0 Å². The molecule has 0 fully saturated rings. The van der Waals surface area contributed by atoms with Crippen LogP contribution in [0.1, 0.15) is 27.3 Å². The van der Waals surface area contributed by atoms with Crippen molar-refractivity contribution in [2.75, 3.05) is 11.4 Å². The Bertz CT molecular complexity index is 1560. The molecule has 0 amide bonds. The first-order valence-corrected chi connectivity index (χ1v) is 10.9. The van der Waals surface area contributed by atoms with Crippen LogP contribution in [0.15, 0.2) is 61.2 Å². The number of H-pyrrole nitrogens is 2.